The van der Waals surface area contributed by atoms with Gasteiger partial charge in [0.2, 0.25) is 0 Å². The number of aromatic nitrogens is 2. The minimum absolute atomic E-state index is 0.387. The van der Waals surface area contributed by atoms with Crippen LogP contribution in [0, 0.1) is 0 Å². The van der Waals surface area contributed by atoms with Crippen LogP contribution >= 0.6 is 0 Å². The number of rotatable bonds is 2. The lowest BCUT2D eigenvalue weighted by atomic mass is 10.0. The molecule has 0 spiro atoms. The topological polar surface area (TPSA) is 71.8 Å². The van der Waals surface area contributed by atoms with Crippen LogP contribution in [0.25, 0.3) is 11.0 Å². The number of carbonyl (C=O) groups is 1. The van der Waals surface area contributed by atoms with Crippen LogP contribution < -0.4 is 5.73 Å². The Hall–Kier alpha value is -1.84. The zero-order valence-corrected chi connectivity index (χ0v) is 8.74. The molecule has 0 aliphatic heterocycles. The van der Waals surface area contributed by atoms with Crippen LogP contribution in [-0.2, 0) is 0 Å². The molecule has 0 bridgehead atoms. The number of aromatic amines is 1. The molecular formula is C11H13N3O. The zero-order chi connectivity index (χ0) is 11.0. The highest BCUT2D eigenvalue weighted by atomic mass is 16.1. The van der Waals surface area contributed by atoms with E-state index in [1.165, 1.54) is 0 Å². The molecule has 0 aliphatic rings. The van der Waals surface area contributed by atoms with Gasteiger partial charge in [-0.25, -0.2) is 4.98 Å². The molecule has 4 heteroatoms. The summed E-state index contributed by atoms with van der Waals surface area (Å²) in [5.74, 6) is -0.0403. The van der Waals surface area contributed by atoms with Gasteiger partial charge in [0, 0.05) is 17.8 Å². The average Bonchev–Trinajstić information content (AvgIpc) is 2.59. The summed E-state index contributed by atoms with van der Waals surface area (Å²) >= 11 is 0. The van der Waals surface area contributed by atoms with E-state index in [-0.39, 0.29) is 0 Å². The summed E-state index contributed by atoms with van der Waals surface area (Å²) in [5.41, 5.74) is 7.57. The predicted octanol–water partition coefficient (Wildman–Crippen LogP) is 1.79. The maximum Gasteiger partial charge on any atom is 0.250 e. The van der Waals surface area contributed by atoms with E-state index in [1.54, 1.807) is 6.20 Å². The Morgan fingerprint density at radius 2 is 2.27 bits per heavy atom. The van der Waals surface area contributed by atoms with Gasteiger partial charge in [-0.2, -0.15) is 0 Å². The van der Waals surface area contributed by atoms with Gasteiger partial charge in [0.1, 0.15) is 5.65 Å². The molecule has 15 heavy (non-hydrogen) atoms. The van der Waals surface area contributed by atoms with Crippen LogP contribution in [0.15, 0.2) is 18.5 Å². The van der Waals surface area contributed by atoms with E-state index in [1.807, 2.05) is 12.3 Å². The molecule has 2 aromatic rings. The van der Waals surface area contributed by atoms with Crippen molar-refractivity contribution >= 4 is 16.9 Å². The van der Waals surface area contributed by atoms with E-state index in [9.17, 15) is 4.79 Å². The van der Waals surface area contributed by atoms with Crippen molar-refractivity contribution in [2.24, 2.45) is 5.73 Å². The number of H-pyrrole nitrogens is 1. The van der Waals surface area contributed by atoms with Gasteiger partial charge in [0.15, 0.2) is 0 Å². The van der Waals surface area contributed by atoms with Crippen molar-refractivity contribution in [3.8, 4) is 0 Å². The van der Waals surface area contributed by atoms with Gasteiger partial charge in [-0.3, -0.25) is 4.79 Å². The Morgan fingerprint density at radius 3 is 2.87 bits per heavy atom. The lowest BCUT2D eigenvalue weighted by molar-refractivity contribution is 0.100. The van der Waals surface area contributed by atoms with Crippen molar-refractivity contribution in [2.75, 3.05) is 0 Å². The van der Waals surface area contributed by atoms with Gasteiger partial charge >= 0.3 is 0 Å². The first-order chi connectivity index (χ1) is 7.09. The highest BCUT2D eigenvalue weighted by Crippen LogP contribution is 2.21. The van der Waals surface area contributed by atoms with Gasteiger partial charge < -0.3 is 10.7 Å². The number of primary amides is 1. The molecule has 2 aromatic heterocycles. The lowest BCUT2D eigenvalue weighted by Gasteiger charge is -2.04. The van der Waals surface area contributed by atoms with E-state index >= 15 is 0 Å². The standard InChI is InChI=1S/C11H13N3O/c1-6(2)7-3-8-9(10(12)15)5-14-11(8)13-4-7/h3-6H,1-2H3,(H2,12,15)(H,13,14). The van der Waals surface area contributed by atoms with Crippen molar-refractivity contribution < 1.29 is 4.79 Å². The number of amides is 1. The molecule has 2 rings (SSSR count). The second kappa shape index (κ2) is 3.38. The van der Waals surface area contributed by atoms with Crippen LogP contribution in [0.5, 0.6) is 0 Å². The molecule has 0 aliphatic carbocycles. The SMILES string of the molecule is CC(C)c1cnc2[nH]cc(C(N)=O)c2c1. The summed E-state index contributed by atoms with van der Waals surface area (Å²) < 4.78 is 0. The fourth-order valence-corrected chi connectivity index (χ4v) is 1.54. The van der Waals surface area contributed by atoms with Crippen LogP contribution in [-0.4, -0.2) is 15.9 Å². The first-order valence-electron chi connectivity index (χ1n) is 4.86. The number of nitrogens with zero attached hydrogens (tertiary/aromatic N) is 1. The number of hydrogen-bond acceptors (Lipinski definition) is 2. The van der Waals surface area contributed by atoms with Crippen molar-refractivity contribution in [1.29, 1.82) is 0 Å². The summed E-state index contributed by atoms with van der Waals surface area (Å²) in [4.78, 5) is 18.3. The third kappa shape index (κ3) is 1.58. The average molecular weight is 203 g/mol. The summed E-state index contributed by atoms with van der Waals surface area (Å²) in [7, 11) is 0. The molecule has 1 amide bonds. The first kappa shape index (κ1) is 9.71. The van der Waals surface area contributed by atoms with Gasteiger partial charge in [0.25, 0.3) is 5.91 Å². The van der Waals surface area contributed by atoms with E-state index in [0.717, 1.165) is 10.9 Å². The van der Waals surface area contributed by atoms with Crippen molar-refractivity contribution in [3.05, 3.63) is 29.6 Å². The lowest BCUT2D eigenvalue weighted by Crippen LogP contribution is -2.10. The maximum absolute atomic E-state index is 11.1. The fourth-order valence-electron chi connectivity index (χ4n) is 1.54. The van der Waals surface area contributed by atoms with Gasteiger partial charge in [-0.05, 0) is 17.5 Å². The van der Waals surface area contributed by atoms with Gasteiger partial charge in [-0.15, -0.1) is 0 Å². The summed E-state index contributed by atoms with van der Waals surface area (Å²) in [6.45, 7) is 4.17. The molecule has 0 radical (unpaired) electrons. The number of hydrogen-bond donors (Lipinski definition) is 2. The number of pyridine rings is 1. The van der Waals surface area contributed by atoms with Crippen molar-refractivity contribution in [3.63, 3.8) is 0 Å². The second-order valence-corrected chi connectivity index (χ2v) is 3.89. The van der Waals surface area contributed by atoms with E-state index < -0.39 is 5.91 Å². The van der Waals surface area contributed by atoms with Crippen molar-refractivity contribution in [1.82, 2.24) is 9.97 Å². The molecule has 4 nitrogen and oxygen atoms in total. The molecule has 78 valence electrons. The van der Waals surface area contributed by atoms with Crippen molar-refractivity contribution in [2.45, 2.75) is 19.8 Å². The van der Waals surface area contributed by atoms with Crippen LogP contribution in [0.3, 0.4) is 0 Å². The molecule has 3 N–H and O–H groups in total. The first-order valence-corrected chi connectivity index (χ1v) is 4.86. The smallest absolute Gasteiger partial charge is 0.250 e. The maximum atomic E-state index is 11.1. The monoisotopic (exact) mass is 203 g/mol. The molecule has 0 unspecified atom stereocenters. The minimum atomic E-state index is -0.427. The van der Waals surface area contributed by atoms with Crippen LogP contribution in [0.4, 0.5) is 0 Å². The number of nitrogens with one attached hydrogen (secondary N) is 1. The second-order valence-electron chi connectivity index (χ2n) is 3.89. The van der Waals surface area contributed by atoms with E-state index in [0.29, 0.717) is 17.1 Å². The Balaban J connectivity index is 2.66. The minimum Gasteiger partial charge on any atom is -0.366 e. The molecule has 0 aromatic carbocycles. The van der Waals surface area contributed by atoms with E-state index in [2.05, 4.69) is 23.8 Å². The Bertz CT molecular complexity index is 514. The van der Waals surface area contributed by atoms with Gasteiger partial charge in [-0.1, -0.05) is 13.8 Å². The molecule has 0 fully saturated rings. The Labute approximate surface area is 87.5 Å². The molecular weight excluding hydrogens is 190 g/mol. The third-order valence-electron chi connectivity index (χ3n) is 2.48. The molecule has 2 heterocycles. The molecule has 0 atom stereocenters. The Morgan fingerprint density at radius 1 is 1.53 bits per heavy atom. The van der Waals surface area contributed by atoms with Crippen LogP contribution in [0.2, 0.25) is 0 Å². The third-order valence-corrected chi connectivity index (χ3v) is 2.48. The summed E-state index contributed by atoms with van der Waals surface area (Å²) in [6.07, 6.45) is 3.42. The van der Waals surface area contributed by atoms with Gasteiger partial charge in [0.05, 0.1) is 5.56 Å². The normalized spacial score (nSPS) is 11.1. The molecule has 0 saturated heterocycles. The largest absolute Gasteiger partial charge is 0.366 e. The predicted molar refractivity (Wildman–Crippen MR) is 58.7 cm³/mol. The highest BCUT2D eigenvalue weighted by Gasteiger charge is 2.10. The number of fused-ring (bicyclic) bond motifs is 1. The number of carbonyl (C=O) groups excluding carboxylic acids is 1. The summed E-state index contributed by atoms with van der Waals surface area (Å²) in [6, 6.07) is 1.96. The molecule has 0 saturated carbocycles. The van der Waals surface area contributed by atoms with E-state index in [4.69, 9.17) is 5.73 Å². The quantitative estimate of drug-likeness (QED) is 0.781. The zero-order valence-electron chi connectivity index (χ0n) is 8.74. The Kier molecular flexibility index (Phi) is 2.19. The number of nitrogens with two attached hydrogens (primary N) is 1. The fraction of sp³-hybridized carbons (Fsp3) is 0.273. The highest BCUT2D eigenvalue weighted by molar-refractivity contribution is 6.05. The van der Waals surface area contributed by atoms with Crippen LogP contribution in [0.1, 0.15) is 35.7 Å². The summed E-state index contributed by atoms with van der Waals surface area (Å²) in [5, 5.41) is 0.800.